The molecular weight excluding hydrogens is 272 g/mol. The molecule has 0 fully saturated rings. The third-order valence-electron chi connectivity index (χ3n) is 2.22. The predicted octanol–water partition coefficient (Wildman–Crippen LogP) is 2.87. The molecule has 1 aromatic carbocycles. The van der Waals surface area contributed by atoms with Gasteiger partial charge in [0.25, 0.3) is 0 Å². The van der Waals surface area contributed by atoms with Crippen LogP contribution >= 0.6 is 15.9 Å². The lowest BCUT2D eigenvalue weighted by Crippen LogP contribution is -2.08. The molecule has 0 heterocycles. The van der Waals surface area contributed by atoms with Crippen molar-refractivity contribution in [1.82, 2.24) is 0 Å². The summed E-state index contributed by atoms with van der Waals surface area (Å²) in [4.78, 5) is 11.4. The standard InChI is InChI=1S/C12H15BrO3/c1-4-16-10(14)7-9-6-5-8(2)12(15-3)11(9)13/h5-6H,4,7H2,1-3H3. The molecule has 0 aliphatic rings. The van der Waals surface area contributed by atoms with Gasteiger partial charge in [0.1, 0.15) is 5.75 Å². The van der Waals surface area contributed by atoms with Gasteiger partial charge in [0.15, 0.2) is 0 Å². The fourth-order valence-corrected chi connectivity index (χ4v) is 2.19. The molecule has 0 N–H and O–H groups in total. The van der Waals surface area contributed by atoms with Crippen LogP contribution in [0.25, 0.3) is 0 Å². The quantitative estimate of drug-likeness (QED) is 0.799. The maximum atomic E-state index is 11.4. The van der Waals surface area contributed by atoms with E-state index in [-0.39, 0.29) is 12.4 Å². The predicted molar refractivity (Wildman–Crippen MR) is 65.8 cm³/mol. The summed E-state index contributed by atoms with van der Waals surface area (Å²) in [5.74, 6) is 0.538. The third kappa shape index (κ3) is 2.98. The second kappa shape index (κ2) is 5.89. The Bertz CT molecular complexity index is 388. The van der Waals surface area contributed by atoms with E-state index in [2.05, 4.69) is 15.9 Å². The summed E-state index contributed by atoms with van der Waals surface area (Å²) < 4.78 is 11.0. The van der Waals surface area contributed by atoms with Crippen LogP contribution in [0.4, 0.5) is 0 Å². The lowest BCUT2D eigenvalue weighted by atomic mass is 10.1. The summed E-state index contributed by atoms with van der Waals surface area (Å²) in [6, 6.07) is 3.83. The monoisotopic (exact) mass is 286 g/mol. The van der Waals surface area contributed by atoms with Gasteiger partial charge < -0.3 is 9.47 Å². The highest BCUT2D eigenvalue weighted by atomic mass is 79.9. The van der Waals surface area contributed by atoms with Crippen molar-refractivity contribution in [2.45, 2.75) is 20.3 Å². The summed E-state index contributed by atoms with van der Waals surface area (Å²) in [5.41, 5.74) is 1.91. The van der Waals surface area contributed by atoms with Crippen LogP contribution in [0.5, 0.6) is 5.75 Å². The summed E-state index contributed by atoms with van der Waals surface area (Å²) >= 11 is 3.44. The molecule has 0 aliphatic heterocycles. The van der Waals surface area contributed by atoms with Crippen LogP contribution in [0.2, 0.25) is 0 Å². The van der Waals surface area contributed by atoms with E-state index in [0.29, 0.717) is 6.61 Å². The lowest BCUT2D eigenvalue weighted by Gasteiger charge is -2.11. The molecule has 1 rings (SSSR count). The van der Waals surface area contributed by atoms with E-state index in [1.54, 1.807) is 14.0 Å². The summed E-state index contributed by atoms with van der Waals surface area (Å²) in [6.07, 6.45) is 0.255. The number of ether oxygens (including phenoxy) is 2. The number of hydrogen-bond acceptors (Lipinski definition) is 3. The van der Waals surface area contributed by atoms with Crippen LogP contribution in [-0.4, -0.2) is 19.7 Å². The zero-order chi connectivity index (χ0) is 12.1. The molecule has 0 aliphatic carbocycles. The van der Waals surface area contributed by atoms with Crippen LogP contribution in [0.1, 0.15) is 18.1 Å². The Balaban J connectivity index is 2.93. The molecule has 0 bridgehead atoms. The third-order valence-corrected chi connectivity index (χ3v) is 3.09. The summed E-state index contributed by atoms with van der Waals surface area (Å²) in [7, 11) is 1.61. The largest absolute Gasteiger partial charge is 0.495 e. The van der Waals surface area contributed by atoms with Crippen molar-refractivity contribution in [3.63, 3.8) is 0 Å². The molecule has 0 unspecified atom stereocenters. The minimum Gasteiger partial charge on any atom is -0.495 e. The molecule has 0 radical (unpaired) electrons. The molecule has 3 nitrogen and oxygen atoms in total. The lowest BCUT2D eigenvalue weighted by molar-refractivity contribution is -0.142. The van der Waals surface area contributed by atoms with E-state index in [1.807, 2.05) is 19.1 Å². The number of rotatable bonds is 4. The first-order valence-corrected chi connectivity index (χ1v) is 5.87. The van der Waals surface area contributed by atoms with Crippen LogP contribution in [0.3, 0.4) is 0 Å². The normalized spacial score (nSPS) is 10.0. The molecule has 16 heavy (non-hydrogen) atoms. The number of hydrogen-bond donors (Lipinski definition) is 0. The average Bonchev–Trinajstić information content (AvgIpc) is 2.23. The molecule has 88 valence electrons. The molecule has 4 heteroatoms. The fourth-order valence-electron chi connectivity index (χ4n) is 1.45. The topological polar surface area (TPSA) is 35.5 Å². The van der Waals surface area contributed by atoms with Crippen molar-refractivity contribution < 1.29 is 14.3 Å². The van der Waals surface area contributed by atoms with Crippen molar-refractivity contribution in [3.05, 3.63) is 27.7 Å². The number of aryl methyl sites for hydroxylation is 1. The minimum atomic E-state index is -0.228. The van der Waals surface area contributed by atoms with Crippen LogP contribution in [-0.2, 0) is 16.0 Å². The van der Waals surface area contributed by atoms with Crippen molar-refractivity contribution in [2.24, 2.45) is 0 Å². The first-order chi connectivity index (χ1) is 7.60. The second-order valence-corrected chi connectivity index (χ2v) is 4.16. The number of carbonyl (C=O) groups is 1. The molecule has 0 atom stereocenters. The van der Waals surface area contributed by atoms with Gasteiger partial charge in [0, 0.05) is 0 Å². The van der Waals surface area contributed by atoms with Crippen molar-refractivity contribution >= 4 is 21.9 Å². The highest BCUT2D eigenvalue weighted by molar-refractivity contribution is 9.10. The maximum Gasteiger partial charge on any atom is 0.310 e. The molecule has 0 saturated heterocycles. The van der Waals surface area contributed by atoms with Gasteiger partial charge in [0.2, 0.25) is 0 Å². The zero-order valence-electron chi connectivity index (χ0n) is 9.67. The number of carbonyl (C=O) groups excluding carboxylic acids is 1. The molecule has 0 spiro atoms. The summed E-state index contributed by atoms with van der Waals surface area (Å²) in [6.45, 7) is 4.15. The van der Waals surface area contributed by atoms with E-state index in [0.717, 1.165) is 21.3 Å². The molecule has 0 amide bonds. The van der Waals surface area contributed by atoms with Crippen molar-refractivity contribution in [2.75, 3.05) is 13.7 Å². The van der Waals surface area contributed by atoms with Gasteiger partial charge in [-0.05, 0) is 40.9 Å². The Kier molecular flexibility index (Phi) is 4.80. The number of esters is 1. The second-order valence-electron chi connectivity index (χ2n) is 3.37. The van der Waals surface area contributed by atoms with Gasteiger partial charge in [-0.25, -0.2) is 0 Å². The Labute approximate surface area is 104 Å². The smallest absolute Gasteiger partial charge is 0.310 e. The first-order valence-electron chi connectivity index (χ1n) is 5.07. The minimum absolute atomic E-state index is 0.228. The van der Waals surface area contributed by atoms with Gasteiger partial charge in [-0.3, -0.25) is 4.79 Å². The van der Waals surface area contributed by atoms with Gasteiger partial charge in [-0.2, -0.15) is 0 Å². The Hall–Kier alpha value is -1.03. The number of benzene rings is 1. The van der Waals surface area contributed by atoms with Gasteiger partial charge in [0.05, 0.1) is 24.6 Å². The molecule has 0 saturated carbocycles. The molecule has 0 aromatic heterocycles. The van der Waals surface area contributed by atoms with Crippen LogP contribution in [0, 0.1) is 6.92 Å². The van der Waals surface area contributed by atoms with Crippen LogP contribution in [0.15, 0.2) is 16.6 Å². The van der Waals surface area contributed by atoms with E-state index in [1.165, 1.54) is 0 Å². The van der Waals surface area contributed by atoms with Crippen LogP contribution < -0.4 is 4.74 Å². The average molecular weight is 287 g/mol. The summed E-state index contributed by atoms with van der Waals surface area (Å²) in [5, 5.41) is 0. The van der Waals surface area contributed by atoms with Gasteiger partial charge in [-0.1, -0.05) is 12.1 Å². The van der Waals surface area contributed by atoms with Gasteiger partial charge in [-0.15, -0.1) is 0 Å². The van der Waals surface area contributed by atoms with E-state index < -0.39 is 0 Å². The van der Waals surface area contributed by atoms with Crippen molar-refractivity contribution in [1.29, 1.82) is 0 Å². The SMILES string of the molecule is CCOC(=O)Cc1ccc(C)c(OC)c1Br. The van der Waals surface area contributed by atoms with E-state index in [9.17, 15) is 4.79 Å². The molecule has 1 aromatic rings. The Morgan fingerprint density at radius 2 is 2.12 bits per heavy atom. The zero-order valence-corrected chi connectivity index (χ0v) is 11.3. The Morgan fingerprint density at radius 1 is 1.44 bits per heavy atom. The fraction of sp³-hybridized carbons (Fsp3) is 0.417. The highest BCUT2D eigenvalue weighted by Gasteiger charge is 2.12. The highest BCUT2D eigenvalue weighted by Crippen LogP contribution is 2.32. The molecular formula is C12H15BrO3. The Morgan fingerprint density at radius 3 is 2.69 bits per heavy atom. The van der Waals surface area contributed by atoms with Crippen molar-refractivity contribution in [3.8, 4) is 5.75 Å². The van der Waals surface area contributed by atoms with Gasteiger partial charge >= 0.3 is 5.97 Å². The van der Waals surface area contributed by atoms with E-state index in [4.69, 9.17) is 9.47 Å². The number of methoxy groups -OCH3 is 1. The number of halogens is 1. The van der Waals surface area contributed by atoms with E-state index >= 15 is 0 Å². The first kappa shape index (κ1) is 13.0. The maximum absolute atomic E-state index is 11.4.